The van der Waals surface area contributed by atoms with E-state index in [-0.39, 0.29) is 61.3 Å². The lowest BCUT2D eigenvalue weighted by atomic mass is 9.82. The third kappa shape index (κ3) is 13.3. The average Bonchev–Trinajstić information content (AvgIpc) is 1.64. The minimum atomic E-state index is -2.93. The molecule has 1 unspecified atom stereocenters. The van der Waals surface area contributed by atoms with Crippen LogP contribution < -0.4 is 31.4 Å². The minimum Gasteiger partial charge on any atom is -0.435 e. The highest BCUT2D eigenvalue weighted by atomic mass is 19.3. The molecule has 6 N–H and O–H groups in total. The summed E-state index contributed by atoms with van der Waals surface area (Å²) in [6.07, 6.45) is 6.71. The number of hydrogen-bond acceptors (Lipinski definition) is 12. The molecule has 0 bridgehead atoms. The summed E-state index contributed by atoms with van der Waals surface area (Å²) in [6.45, 7) is -8.78. The van der Waals surface area contributed by atoms with E-state index in [2.05, 4.69) is 64.7 Å². The number of hydrogen-bond donors (Lipinski definition) is 3. The Morgan fingerprint density at radius 1 is 0.409 bits per heavy atom. The fourth-order valence-corrected chi connectivity index (χ4v) is 9.89. The first-order valence-corrected chi connectivity index (χ1v) is 27.6. The van der Waals surface area contributed by atoms with Crippen LogP contribution in [0, 0.1) is 53.3 Å². The average molecular weight is 1200 g/mol. The SMILES string of the molecule is CN1C(=O)C(c2ccc(OC(F)F)cc2)(c2cccc(C#CC3CC3)c2)N=C1N.CN1C(=O)[C@@](c2ccc(OC(F)F)cc2)(c2cccc(C#CC3CC3)c2)N=C1N.CN1C(=O)[C@](c2ccc(OC(F)F)cc2)(c2cccc(C#CC3CC3)c2)N=C1N.[B]. The van der Waals surface area contributed by atoms with Gasteiger partial charge in [0.2, 0.25) is 0 Å². The van der Waals surface area contributed by atoms with Crippen molar-refractivity contribution in [2.45, 2.75) is 75.0 Å². The number of rotatable bonds is 12. The van der Waals surface area contributed by atoms with Crippen molar-refractivity contribution in [2.24, 2.45) is 49.9 Å². The van der Waals surface area contributed by atoms with Gasteiger partial charge in [0.05, 0.1) is 0 Å². The van der Waals surface area contributed by atoms with E-state index in [1.54, 1.807) is 75.7 Å². The molecule has 447 valence electrons. The molecule has 15 nitrogen and oxygen atoms in total. The number of aliphatic imine (C=N–C) groups is 3. The van der Waals surface area contributed by atoms with Crippen molar-refractivity contribution in [1.82, 2.24) is 14.7 Å². The summed E-state index contributed by atoms with van der Waals surface area (Å²) in [4.78, 5) is 57.0. The van der Waals surface area contributed by atoms with E-state index in [1.807, 2.05) is 54.6 Å². The molecule has 12 rings (SSSR count). The molecule has 0 aromatic heterocycles. The molecular formula is C66H57BF6N9O6. The molecule has 3 aliphatic carbocycles. The van der Waals surface area contributed by atoms with Crippen molar-refractivity contribution in [3.05, 3.63) is 196 Å². The van der Waals surface area contributed by atoms with Crippen LogP contribution in [0.5, 0.6) is 17.2 Å². The van der Waals surface area contributed by atoms with E-state index in [1.165, 1.54) is 51.1 Å². The predicted octanol–water partition coefficient (Wildman–Crippen LogP) is 8.86. The summed E-state index contributed by atoms with van der Waals surface area (Å²) < 4.78 is 88.1. The van der Waals surface area contributed by atoms with E-state index in [9.17, 15) is 40.7 Å². The summed E-state index contributed by atoms with van der Waals surface area (Å²) in [7, 11) is 4.65. The highest BCUT2D eigenvalue weighted by Crippen LogP contribution is 2.44. The fourth-order valence-electron chi connectivity index (χ4n) is 9.89. The second-order valence-corrected chi connectivity index (χ2v) is 21.2. The molecule has 22 heteroatoms. The molecule has 88 heavy (non-hydrogen) atoms. The first kappa shape index (κ1) is 62.4. The van der Waals surface area contributed by atoms with Crippen molar-refractivity contribution < 1.29 is 54.9 Å². The van der Waals surface area contributed by atoms with E-state index in [4.69, 9.17) is 17.2 Å². The number of likely N-dealkylation sites (N-methyl/N-ethyl adjacent to an activating group) is 3. The standard InChI is InChI=1S/3C22H19F2N3O2.B/c3*1-27-19(28)22(26-21(27)25,16-9-11-18(12-10-16)29-20(23)24)17-4-2-3-15(13-17)8-7-14-5-6-14;/h3*2-4,9-14,20H,5-6H2,1H3,(H2,25,26);/t2*22-;;/m10../s1. The maximum Gasteiger partial charge on any atom is 0.387 e. The van der Waals surface area contributed by atoms with Crippen LogP contribution in [0.15, 0.2) is 161 Å². The number of nitrogens with zero attached hydrogens (tertiary/aromatic N) is 6. The molecule has 3 atom stereocenters. The van der Waals surface area contributed by atoms with Crippen LogP contribution in [-0.4, -0.2) is 99.7 Å². The van der Waals surface area contributed by atoms with Gasteiger partial charge in [-0.25, -0.2) is 15.0 Å². The van der Waals surface area contributed by atoms with Gasteiger partial charge in [-0.05, 0) is 145 Å². The molecule has 3 radical (unpaired) electrons. The summed E-state index contributed by atoms with van der Waals surface area (Å²) in [5, 5.41) is 0. The van der Waals surface area contributed by atoms with Gasteiger partial charge in [-0.3, -0.25) is 29.1 Å². The highest BCUT2D eigenvalue weighted by molar-refractivity contribution is 6.10. The molecule has 3 aliphatic heterocycles. The van der Waals surface area contributed by atoms with E-state index in [0.29, 0.717) is 51.1 Å². The zero-order valence-electron chi connectivity index (χ0n) is 47.8. The lowest BCUT2D eigenvalue weighted by Crippen LogP contribution is -2.41. The number of benzene rings is 6. The van der Waals surface area contributed by atoms with Crippen LogP contribution in [0.2, 0.25) is 0 Å². The summed E-state index contributed by atoms with van der Waals surface area (Å²) in [5.74, 6) is 19.7. The van der Waals surface area contributed by atoms with Crippen LogP contribution in [0.25, 0.3) is 0 Å². The molecule has 3 saturated carbocycles. The van der Waals surface area contributed by atoms with Crippen LogP contribution in [-0.2, 0) is 31.0 Å². The van der Waals surface area contributed by atoms with Crippen molar-refractivity contribution in [1.29, 1.82) is 0 Å². The molecular weight excluding hydrogens is 1140 g/mol. The van der Waals surface area contributed by atoms with Crippen molar-refractivity contribution in [2.75, 3.05) is 21.1 Å². The van der Waals surface area contributed by atoms with Crippen molar-refractivity contribution >= 4 is 44.0 Å². The topological polar surface area (TPSA) is 204 Å². The Morgan fingerprint density at radius 3 is 0.841 bits per heavy atom. The number of carbonyl (C=O) groups excluding carboxylic acids is 3. The van der Waals surface area contributed by atoms with Crippen LogP contribution in [0.3, 0.4) is 0 Å². The van der Waals surface area contributed by atoms with Gasteiger partial charge in [-0.1, -0.05) is 108 Å². The van der Waals surface area contributed by atoms with Crippen LogP contribution >= 0.6 is 0 Å². The first-order valence-electron chi connectivity index (χ1n) is 27.6. The Kier molecular flexibility index (Phi) is 18.3. The van der Waals surface area contributed by atoms with Crippen LogP contribution in [0.1, 0.15) is 88.6 Å². The Bertz CT molecular complexity index is 3520. The number of nitrogens with two attached hydrogens (primary N) is 3. The number of amides is 3. The maximum atomic E-state index is 13.2. The van der Waals surface area contributed by atoms with Crippen molar-refractivity contribution in [3.8, 4) is 52.8 Å². The molecule has 3 heterocycles. The Hall–Kier alpha value is -10.1. The van der Waals surface area contributed by atoms with E-state index >= 15 is 0 Å². The van der Waals surface area contributed by atoms with Gasteiger partial charge >= 0.3 is 19.8 Å². The van der Waals surface area contributed by atoms with Gasteiger partial charge in [0.15, 0.2) is 34.5 Å². The van der Waals surface area contributed by atoms with Gasteiger partial charge < -0.3 is 31.4 Å². The zero-order chi connectivity index (χ0) is 61.8. The summed E-state index contributed by atoms with van der Waals surface area (Å²) in [5.41, 5.74) is 19.4. The normalized spacial score (nSPS) is 20.8. The van der Waals surface area contributed by atoms with Gasteiger partial charge in [-0.15, -0.1) is 0 Å². The minimum absolute atomic E-state index is 0. The maximum absolute atomic E-state index is 13.2. The van der Waals surface area contributed by atoms with Gasteiger partial charge in [-0.2, -0.15) is 26.3 Å². The molecule has 3 amide bonds. The van der Waals surface area contributed by atoms with Gasteiger partial charge in [0.1, 0.15) is 17.2 Å². The van der Waals surface area contributed by atoms with Gasteiger partial charge in [0.25, 0.3) is 17.7 Å². The molecule has 6 aliphatic rings. The second kappa shape index (κ2) is 25.8. The Labute approximate surface area is 506 Å². The Morgan fingerprint density at radius 2 is 0.648 bits per heavy atom. The number of halogens is 6. The first-order chi connectivity index (χ1) is 41.7. The smallest absolute Gasteiger partial charge is 0.387 e. The number of guanidine groups is 3. The third-order valence-electron chi connectivity index (χ3n) is 15.0. The van der Waals surface area contributed by atoms with Gasteiger partial charge in [0, 0.05) is 64.0 Å². The molecule has 0 saturated heterocycles. The lowest BCUT2D eigenvalue weighted by Gasteiger charge is -2.26. The molecule has 3 fully saturated rings. The number of ether oxygens (including phenoxy) is 3. The number of alkyl halides is 6. The van der Waals surface area contributed by atoms with E-state index in [0.717, 1.165) is 55.2 Å². The molecule has 0 spiro atoms. The monoisotopic (exact) mass is 1200 g/mol. The largest absolute Gasteiger partial charge is 0.435 e. The number of carbonyl (C=O) groups is 3. The quantitative estimate of drug-likeness (QED) is 0.0608. The predicted molar refractivity (Wildman–Crippen MR) is 319 cm³/mol. The second-order valence-electron chi connectivity index (χ2n) is 21.2. The fraction of sp³-hybridized carbons (Fsp3) is 0.273. The molecule has 6 aromatic rings. The summed E-state index contributed by atoms with van der Waals surface area (Å²) in [6, 6.07) is 39.6. The highest BCUT2D eigenvalue weighted by Gasteiger charge is 2.52. The lowest BCUT2D eigenvalue weighted by molar-refractivity contribution is -0.130. The zero-order valence-corrected chi connectivity index (χ0v) is 47.8. The van der Waals surface area contributed by atoms with Crippen LogP contribution in [0.4, 0.5) is 26.3 Å². The summed E-state index contributed by atoms with van der Waals surface area (Å²) >= 11 is 0. The van der Waals surface area contributed by atoms with E-state index < -0.39 is 36.5 Å². The third-order valence-corrected chi connectivity index (χ3v) is 15.0. The Balaban J connectivity index is 0.000000156. The van der Waals surface area contributed by atoms with Crippen molar-refractivity contribution in [3.63, 3.8) is 0 Å². The molecule has 6 aromatic carbocycles.